The smallest absolute Gasteiger partial charge is 0.189 e. The molecule has 0 aromatic heterocycles. The average molecular weight is 440 g/mol. The van der Waals surface area contributed by atoms with Crippen LogP contribution < -0.4 is 10.7 Å². The molecule has 0 heterocycles. The summed E-state index contributed by atoms with van der Waals surface area (Å²) in [6.07, 6.45) is 19.0. The van der Waals surface area contributed by atoms with Crippen molar-refractivity contribution in [1.82, 2.24) is 10.7 Å². The molecule has 32 heavy (non-hydrogen) atoms. The second kappa shape index (κ2) is 17.4. The van der Waals surface area contributed by atoms with Crippen LogP contribution in [0.25, 0.3) is 0 Å². The zero-order valence-electron chi connectivity index (χ0n) is 20.3. The Labute approximate surface area is 193 Å². The molecule has 0 amide bonds. The summed E-state index contributed by atoms with van der Waals surface area (Å²) in [5.41, 5.74) is 6.59. The van der Waals surface area contributed by atoms with Gasteiger partial charge in [-0.25, -0.2) is 4.39 Å². The fraction of sp³-hybridized carbons (Fsp3) is 0.296. The van der Waals surface area contributed by atoms with E-state index in [9.17, 15) is 4.39 Å². The lowest BCUT2D eigenvalue weighted by Crippen LogP contribution is -2.15. The summed E-state index contributed by atoms with van der Waals surface area (Å²) in [6.45, 7) is 19.4. The number of allylic oxidation sites excluding steroid dienone is 14. The molecule has 0 unspecified atom stereocenters. The quantitative estimate of drug-likeness (QED) is 0.0982. The molecule has 0 atom stereocenters. The van der Waals surface area contributed by atoms with E-state index in [4.69, 9.17) is 4.74 Å². The standard InChI is InChI=1S/C27H38FN3O/c1-9-13-19-30-27(12-4)32-26(11-3)25(28)18-17-24(16-15-21(5)14-10-2)20-22(6)23(7)31-29-8/h9,11-18,20,30-31H,3,8,10,19H2,1-2,4-7H3/b13-9-,16-15+,18-17-,21-14+,23-22+,24-20+,26-25-,27-12+. The minimum atomic E-state index is -0.531. The van der Waals surface area contributed by atoms with Crippen molar-refractivity contribution in [2.75, 3.05) is 6.54 Å². The summed E-state index contributed by atoms with van der Waals surface area (Å²) < 4.78 is 20.5. The maximum atomic E-state index is 14.9. The van der Waals surface area contributed by atoms with Crippen molar-refractivity contribution >= 4 is 6.72 Å². The second-order valence-electron chi connectivity index (χ2n) is 6.87. The van der Waals surface area contributed by atoms with E-state index in [2.05, 4.69) is 42.1 Å². The van der Waals surface area contributed by atoms with Crippen LogP contribution in [0.5, 0.6) is 0 Å². The van der Waals surface area contributed by atoms with Gasteiger partial charge in [-0.3, -0.25) is 5.43 Å². The number of ether oxygens (including phenoxy) is 1. The van der Waals surface area contributed by atoms with Crippen LogP contribution in [-0.4, -0.2) is 13.3 Å². The molecule has 0 spiro atoms. The van der Waals surface area contributed by atoms with Crippen LogP contribution in [0.1, 0.15) is 48.0 Å². The Kier molecular flexibility index (Phi) is 15.5. The van der Waals surface area contributed by atoms with Crippen LogP contribution in [0.2, 0.25) is 0 Å². The second-order valence-corrected chi connectivity index (χ2v) is 6.87. The number of hydrogen-bond acceptors (Lipinski definition) is 4. The lowest BCUT2D eigenvalue weighted by Gasteiger charge is -2.11. The first kappa shape index (κ1) is 28.7. The molecule has 0 aliphatic rings. The van der Waals surface area contributed by atoms with Gasteiger partial charge >= 0.3 is 0 Å². The lowest BCUT2D eigenvalue weighted by atomic mass is 10.1. The minimum Gasteiger partial charge on any atom is -0.439 e. The highest BCUT2D eigenvalue weighted by Gasteiger charge is 2.05. The zero-order chi connectivity index (χ0) is 24.4. The molecule has 5 heteroatoms. The number of nitrogens with zero attached hydrogens (tertiary/aromatic N) is 1. The lowest BCUT2D eigenvalue weighted by molar-refractivity contribution is 0.279. The van der Waals surface area contributed by atoms with Gasteiger partial charge < -0.3 is 10.1 Å². The van der Waals surface area contributed by atoms with E-state index in [1.165, 1.54) is 12.2 Å². The van der Waals surface area contributed by atoms with E-state index in [0.717, 1.165) is 28.8 Å². The Bertz CT molecular complexity index is 865. The molecule has 0 aromatic rings. The predicted molar refractivity (Wildman–Crippen MR) is 137 cm³/mol. The van der Waals surface area contributed by atoms with E-state index < -0.39 is 5.83 Å². The molecule has 0 aliphatic heterocycles. The van der Waals surface area contributed by atoms with Gasteiger partial charge in [0.05, 0.1) is 0 Å². The van der Waals surface area contributed by atoms with Gasteiger partial charge in [-0.1, -0.05) is 61.6 Å². The summed E-state index contributed by atoms with van der Waals surface area (Å²) in [7, 11) is 0. The Balaban J connectivity index is 5.94. The fourth-order valence-corrected chi connectivity index (χ4v) is 2.37. The molecular formula is C27H38FN3O. The third-order valence-electron chi connectivity index (χ3n) is 4.24. The van der Waals surface area contributed by atoms with Crippen LogP contribution in [0.3, 0.4) is 0 Å². The average Bonchev–Trinajstić information content (AvgIpc) is 2.77. The van der Waals surface area contributed by atoms with Crippen molar-refractivity contribution in [2.45, 2.75) is 48.0 Å². The summed E-state index contributed by atoms with van der Waals surface area (Å²) in [6, 6.07) is 0. The SMILES string of the molecule is C=C/C(O/C(=C/C)NC/C=C\C)=C(F)\C=C/C(/C=C/C(C)=C/CC)=C/C(C)=C(\C)NN=C. The molecular weight excluding hydrogens is 401 g/mol. The van der Waals surface area contributed by atoms with Gasteiger partial charge in [-0.15, -0.1) is 0 Å². The normalized spacial score (nSPS) is 15.2. The molecule has 0 radical (unpaired) electrons. The van der Waals surface area contributed by atoms with Crippen molar-refractivity contribution < 1.29 is 9.13 Å². The van der Waals surface area contributed by atoms with Gasteiger partial charge in [-0.05, 0) is 70.4 Å². The summed E-state index contributed by atoms with van der Waals surface area (Å²) in [5.74, 6) is -0.0415. The van der Waals surface area contributed by atoms with Crippen molar-refractivity contribution in [2.24, 2.45) is 5.10 Å². The van der Waals surface area contributed by atoms with Crippen molar-refractivity contribution in [3.05, 3.63) is 107 Å². The van der Waals surface area contributed by atoms with Crippen LogP contribution in [0, 0.1) is 0 Å². The molecule has 4 nitrogen and oxygen atoms in total. The molecule has 0 rings (SSSR count). The summed E-state index contributed by atoms with van der Waals surface area (Å²) in [5, 5.41) is 6.76. The van der Waals surface area contributed by atoms with Gasteiger partial charge in [0, 0.05) is 19.0 Å². The molecule has 0 saturated carbocycles. The predicted octanol–water partition coefficient (Wildman–Crippen LogP) is 7.29. The molecule has 2 N–H and O–H groups in total. The fourth-order valence-electron chi connectivity index (χ4n) is 2.37. The first-order chi connectivity index (χ1) is 15.3. The highest BCUT2D eigenvalue weighted by atomic mass is 19.1. The maximum absolute atomic E-state index is 14.9. The van der Waals surface area contributed by atoms with E-state index in [-0.39, 0.29) is 5.76 Å². The van der Waals surface area contributed by atoms with Gasteiger partial charge in [0.25, 0.3) is 0 Å². The monoisotopic (exact) mass is 439 g/mol. The van der Waals surface area contributed by atoms with E-state index in [1.807, 2.05) is 65.0 Å². The molecule has 0 bridgehead atoms. The zero-order valence-corrected chi connectivity index (χ0v) is 20.3. The third kappa shape index (κ3) is 12.4. The topological polar surface area (TPSA) is 45.6 Å². The van der Waals surface area contributed by atoms with Gasteiger partial charge in [-0.2, -0.15) is 5.10 Å². The Hall–Kier alpha value is -3.34. The Morgan fingerprint density at radius 3 is 2.34 bits per heavy atom. The maximum Gasteiger partial charge on any atom is 0.189 e. The van der Waals surface area contributed by atoms with E-state index >= 15 is 0 Å². The van der Waals surface area contributed by atoms with Gasteiger partial charge in [0.2, 0.25) is 0 Å². The van der Waals surface area contributed by atoms with Gasteiger partial charge in [0.15, 0.2) is 17.5 Å². The van der Waals surface area contributed by atoms with Crippen molar-refractivity contribution in [3.63, 3.8) is 0 Å². The molecule has 0 saturated heterocycles. The highest BCUT2D eigenvalue weighted by molar-refractivity contribution is 5.42. The summed E-state index contributed by atoms with van der Waals surface area (Å²) in [4.78, 5) is 0. The van der Waals surface area contributed by atoms with Crippen LogP contribution in [-0.2, 0) is 4.74 Å². The Morgan fingerprint density at radius 2 is 1.78 bits per heavy atom. The first-order valence-corrected chi connectivity index (χ1v) is 10.7. The van der Waals surface area contributed by atoms with Crippen molar-refractivity contribution in [3.8, 4) is 0 Å². The van der Waals surface area contributed by atoms with E-state index in [0.29, 0.717) is 12.4 Å². The first-order valence-electron chi connectivity index (χ1n) is 10.7. The number of hydrogen-bond donors (Lipinski definition) is 2. The number of halogens is 1. The number of nitrogens with one attached hydrogen (secondary N) is 2. The third-order valence-corrected chi connectivity index (χ3v) is 4.24. The molecule has 0 aromatic carbocycles. The Morgan fingerprint density at radius 1 is 1.09 bits per heavy atom. The number of rotatable bonds is 14. The minimum absolute atomic E-state index is 0.0358. The molecule has 0 aliphatic carbocycles. The largest absolute Gasteiger partial charge is 0.439 e. The van der Waals surface area contributed by atoms with Crippen LogP contribution in [0.4, 0.5) is 4.39 Å². The number of hydrazone groups is 1. The van der Waals surface area contributed by atoms with E-state index in [1.54, 1.807) is 12.2 Å². The van der Waals surface area contributed by atoms with Crippen molar-refractivity contribution in [1.29, 1.82) is 0 Å². The highest BCUT2D eigenvalue weighted by Crippen LogP contribution is 2.17. The van der Waals surface area contributed by atoms with Crippen LogP contribution in [0.15, 0.2) is 112 Å². The van der Waals surface area contributed by atoms with Gasteiger partial charge in [0.1, 0.15) is 0 Å². The van der Waals surface area contributed by atoms with Crippen LogP contribution >= 0.6 is 0 Å². The summed E-state index contributed by atoms with van der Waals surface area (Å²) >= 11 is 0. The molecule has 0 fully saturated rings. The molecule has 174 valence electrons.